The number of nitrogens with two attached hydrogens (primary N) is 1. The summed E-state index contributed by atoms with van der Waals surface area (Å²) in [5, 5.41) is 3.48. The van der Waals surface area contributed by atoms with Gasteiger partial charge >= 0.3 is 0 Å². The van der Waals surface area contributed by atoms with Crippen molar-refractivity contribution >= 4 is 23.3 Å². The van der Waals surface area contributed by atoms with Gasteiger partial charge in [-0.25, -0.2) is 10.8 Å². The molecule has 5 nitrogen and oxygen atoms in total. The third-order valence-corrected chi connectivity index (χ3v) is 3.25. The summed E-state index contributed by atoms with van der Waals surface area (Å²) >= 11 is 6.11. The number of carbonyl (C=O) groups excluding carboxylic acids is 1. The first-order chi connectivity index (χ1) is 9.63. The van der Waals surface area contributed by atoms with Crippen LogP contribution in [0.2, 0.25) is 5.02 Å². The van der Waals surface area contributed by atoms with Crippen LogP contribution in [0.1, 0.15) is 28.9 Å². The fourth-order valence-corrected chi connectivity index (χ4v) is 2.18. The Morgan fingerprint density at radius 2 is 2.05 bits per heavy atom. The summed E-state index contributed by atoms with van der Waals surface area (Å²) < 4.78 is 0. The van der Waals surface area contributed by atoms with Gasteiger partial charge in [0.25, 0.3) is 5.91 Å². The minimum Gasteiger partial charge on any atom is -0.345 e. The van der Waals surface area contributed by atoms with Crippen molar-refractivity contribution in [2.24, 2.45) is 5.84 Å². The number of anilines is 1. The molecule has 1 unspecified atom stereocenters. The molecule has 6 heteroatoms. The van der Waals surface area contributed by atoms with Crippen molar-refractivity contribution in [3.63, 3.8) is 0 Å². The summed E-state index contributed by atoms with van der Waals surface area (Å²) in [6, 6.07) is 10.5. The maximum Gasteiger partial charge on any atom is 0.255 e. The Labute approximate surface area is 122 Å². The largest absolute Gasteiger partial charge is 0.345 e. The molecule has 20 heavy (non-hydrogen) atoms. The maximum absolute atomic E-state index is 12.2. The van der Waals surface area contributed by atoms with Crippen molar-refractivity contribution in [2.75, 3.05) is 5.43 Å². The van der Waals surface area contributed by atoms with Crippen molar-refractivity contribution < 1.29 is 4.79 Å². The molecule has 1 heterocycles. The Morgan fingerprint density at radius 1 is 1.30 bits per heavy atom. The standard InChI is InChI=1S/C14H15ClN4O/c1-9(10-5-2-3-7-12(10)15)18-14(20)11-6-4-8-17-13(11)19-16/h2-9H,16H2,1H3,(H,17,19)(H,18,20). The van der Waals surface area contributed by atoms with Gasteiger partial charge in [-0.15, -0.1) is 0 Å². The fraction of sp³-hybridized carbons (Fsp3) is 0.143. The molecular formula is C14H15ClN4O. The number of nitrogens with zero attached hydrogens (tertiary/aromatic N) is 1. The first-order valence-corrected chi connectivity index (χ1v) is 6.48. The van der Waals surface area contributed by atoms with Gasteiger partial charge in [-0.3, -0.25) is 4.79 Å². The highest BCUT2D eigenvalue weighted by Crippen LogP contribution is 2.22. The molecule has 0 spiro atoms. The van der Waals surface area contributed by atoms with Crippen LogP contribution in [-0.4, -0.2) is 10.9 Å². The summed E-state index contributed by atoms with van der Waals surface area (Å²) in [7, 11) is 0. The van der Waals surface area contributed by atoms with E-state index >= 15 is 0 Å². The van der Waals surface area contributed by atoms with E-state index < -0.39 is 0 Å². The number of hydrazine groups is 1. The first kappa shape index (κ1) is 14.3. The SMILES string of the molecule is CC(NC(=O)c1cccnc1NN)c1ccccc1Cl. The van der Waals surface area contributed by atoms with Gasteiger partial charge in [-0.05, 0) is 30.7 Å². The van der Waals surface area contributed by atoms with E-state index in [4.69, 9.17) is 17.4 Å². The lowest BCUT2D eigenvalue weighted by Gasteiger charge is -2.16. The van der Waals surface area contributed by atoms with Crippen LogP contribution in [0.3, 0.4) is 0 Å². The van der Waals surface area contributed by atoms with Gasteiger partial charge in [0.1, 0.15) is 0 Å². The minimum absolute atomic E-state index is 0.220. The molecule has 0 aliphatic carbocycles. The van der Waals surface area contributed by atoms with E-state index in [9.17, 15) is 4.79 Å². The second-order valence-corrected chi connectivity index (χ2v) is 4.67. The zero-order valence-electron chi connectivity index (χ0n) is 10.9. The van der Waals surface area contributed by atoms with E-state index in [1.165, 1.54) is 0 Å². The van der Waals surface area contributed by atoms with E-state index in [1.807, 2.05) is 25.1 Å². The second-order valence-electron chi connectivity index (χ2n) is 4.26. The molecule has 0 saturated carbocycles. The van der Waals surface area contributed by atoms with Crippen molar-refractivity contribution in [2.45, 2.75) is 13.0 Å². The Kier molecular flexibility index (Phi) is 4.55. The van der Waals surface area contributed by atoms with Crippen LogP contribution in [0.4, 0.5) is 5.82 Å². The molecule has 0 bridgehead atoms. The van der Waals surface area contributed by atoms with Gasteiger partial charge in [-0.2, -0.15) is 0 Å². The number of carbonyl (C=O) groups is 1. The molecule has 104 valence electrons. The molecule has 0 aliphatic rings. The molecule has 0 radical (unpaired) electrons. The molecule has 1 aromatic heterocycles. The van der Waals surface area contributed by atoms with E-state index in [1.54, 1.807) is 24.4 Å². The Balaban J connectivity index is 2.18. The molecule has 0 fully saturated rings. The lowest BCUT2D eigenvalue weighted by molar-refractivity contribution is 0.0940. The van der Waals surface area contributed by atoms with Crippen molar-refractivity contribution in [3.8, 4) is 0 Å². The molecule has 1 aromatic carbocycles. The van der Waals surface area contributed by atoms with Gasteiger partial charge < -0.3 is 10.7 Å². The number of halogens is 1. The summed E-state index contributed by atoms with van der Waals surface area (Å²) in [5.74, 6) is 5.41. The maximum atomic E-state index is 12.2. The topological polar surface area (TPSA) is 80.0 Å². The smallest absolute Gasteiger partial charge is 0.255 e. The number of hydrogen-bond donors (Lipinski definition) is 3. The van der Waals surface area contributed by atoms with Crippen LogP contribution in [0.5, 0.6) is 0 Å². The van der Waals surface area contributed by atoms with Crippen LogP contribution in [0.25, 0.3) is 0 Å². The highest BCUT2D eigenvalue weighted by molar-refractivity contribution is 6.31. The van der Waals surface area contributed by atoms with Crippen LogP contribution in [-0.2, 0) is 0 Å². The lowest BCUT2D eigenvalue weighted by Crippen LogP contribution is -2.28. The number of pyridine rings is 1. The molecule has 2 aromatic rings. The number of benzene rings is 1. The van der Waals surface area contributed by atoms with E-state index in [2.05, 4.69) is 15.7 Å². The van der Waals surface area contributed by atoms with Crippen LogP contribution < -0.4 is 16.6 Å². The second kappa shape index (κ2) is 6.36. The van der Waals surface area contributed by atoms with Crippen molar-refractivity contribution in [1.82, 2.24) is 10.3 Å². The predicted octanol–water partition coefficient (Wildman–Crippen LogP) is 2.51. The van der Waals surface area contributed by atoms with E-state index in [0.29, 0.717) is 16.4 Å². The summed E-state index contributed by atoms with van der Waals surface area (Å²) in [5.41, 5.74) is 3.64. The Hall–Kier alpha value is -2.11. The Morgan fingerprint density at radius 3 is 2.75 bits per heavy atom. The Bertz CT molecular complexity index is 618. The normalized spacial score (nSPS) is 11.8. The monoisotopic (exact) mass is 290 g/mol. The fourth-order valence-electron chi connectivity index (χ4n) is 1.88. The van der Waals surface area contributed by atoms with Crippen LogP contribution in [0, 0.1) is 0 Å². The average molecular weight is 291 g/mol. The van der Waals surface area contributed by atoms with Crippen molar-refractivity contribution in [1.29, 1.82) is 0 Å². The van der Waals surface area contributed by atoms with Gasteiger partial charge in [0.2, 0.25) is 0 Å². The van der Waals surface area contributed by atoms with E-state index in [0.717, 1.165) is 5.56 Å². The summed E-state index contributed by atoms with van der Waals surface area (Å²) in [6.45, 7) is 1.87. The number of nitrogen functional groups attached to an aromatic ring is 1. The molecule has 2 rings (SSSR count). The van der Waals surface area contributed by atoms with Crippen LogP contribution >= 0.6 is 11.6 Å². The van der Waals surface area contributed by atoms with Gasteiger partial charge in [-0.1, -0.05) is 29.8 Å². The zero-order chi connectivity index (χ0) is 14.5. The number of nitrogens with one attached hydrogen (secondary N) is 2. The average Bonchev–Trinajstić information content (AvgIpc) is 2.47. The molecule has 1 amide bonds. The number of rotatable bonds is 4. The zero-order valence-corrected chi connectivity index (χ0v) is 11.7. The number of aromatic nitrogens is 1. The number of hydrogen-bond acceptors (Lipinski definition) is 4. The highest BCUT2D eigenvalue weighted by Gasteiger charge is 2.16. The van der Waals surface area contributed by atoms with Crippen LogP contribution in [0.15, 0.2) is 42.6 Å². The number of amides is 1. The quantitative estimate of drug-likeness (QED) is 0.597. The lowest BCUT2D eigenvalue weighted by atomic mass is 10.1. The van der Waals surface area contributed by atoms with Gasteiger partial charge in [0, 0.05) is 11.2 Å². The third kappa shape index (κ3) is 3.07. The molecule has 1 atom stereocenters. The van der Waals surface area contributed by atoms with Crippen molar-refractivity contribution in [3.05, 3.63) is 58.7 Å². The highest BCUT2D eigenvalue weighted by atomic mass is 35.5. The summed E-state index contributed by atoms with van der Waals surface area (Å²) in [4.78, 5) is 16.2. The molecule has 0 aliphatic heterocycles. The summed E-state index contributed by atoms with van der Waals surface area (Å²) in [6.07, 6.45) is 1.56. The third-order valence-electron chi connectivity index (χ3n) is 2.91. The van der Waals surface area contributed by atoms with Gasteiger partial charge in [0.15, 0.2) is 5.82 Å². The first-order valence-electron chi connectivity index (χ1n) is 6.10. The molecular weight excluding hydrogens is 276 g/mol. The van der Waals surface area contributed by atoms with Gasteiger partial charge in [0.05, 0.1) is 11.6 Å². The molecule has 4 N–H and O–H groups in total. The van der Waals surface area contributed by atoms with E-state index in [-0.39, 0.29) is 11.9 Å². The minimum atomic E-state index is -0.265. The predicted molar refractivity (Wildman–Crippen MR) is 79.4 cm³/mol. The molecule has 0 saturated heterocycles.